The summed E-state index contributed by atoms with van der Waals surface area (Å²) in [5.41, 5.74) is 0. The van der Waals surface area contributed by atoms with E-state index < -0.39 is 6.10 Å². The van der Waals surface area contributed by atoms with E-state index in [4.69, 9.17) is 16.0 Å². The monoisotopic (exact) mass is 327 g/mol. The highest BCUT2D eigenvalue weighted by Crippen LogP contribution is 2.22. The molecule has 2 atom stereocenters. The molecule has 2 heterocycles. The molecule has 0 saturated heterocycles. The van der Waals surface area contributed by atoms with Crippen molar-refractivity contribution in [3.63, 3.8) is 0 Å². The Morgan fingerprint density at radius 3 is 2.90 bits per heavy atom. The molecule has 2 aromatic rings. The number of furan rings is 1. The number of nitrogens with one attached hydrogen (secondary N) is 1. The molecule has 6 heteroatoms. The minimum Gasteiger partial charge on any atom is -0.467 e. The summed E-state index contributed by atoms with van der Waals surface area (Å²) in [6.07, 6.45) is 2.33. The van der Waals surface area contributed by atoms with Gasteiger partial charge in [0, 0.05) is 23.8 Å². The molecule has 0 aliphatic rings. The van der Waals surface area contributed by atoms with Gasteiger partial charge in [-0.25, -0.2) is 0 Å². The summed E-state index contributed by atoms with van der Waals surface area (Å²) in [5.74, 6) is 0.489. The standard InChI is InChI=1S/C15H18ClNO3S/c1-10(9-12(18)13-3-2-8-20-13)17-15(19)7-5-11-4-6-14(16)21-11/h2-4,6,8,10,12,18H,5,7,9H2,1H3,(H,17,19). The predicted molar refractivity (Wildman–Crippen MR) is 83.5 cm³/mol. The molecule has 4 nitrogen and oxygen atoms in total. The largest absolute Gasteiger partial charge is 0.467 e. The van der Waals surface area contributed by atoms with Crippen molar-refractivity contribution < 1.29 is 14.3 Å². The Hall–Kier alpha value is -1.30. The highest BCUT2D eigenvalue weighted by Gasteiger charge is 2.16. The molecule has 0 aromatic carbocycles. The van der Waals surface area contributed by atoms with Crippen LogP contribution in [0.25, 0.3) is 0 Å². The summed E-state index contributed by atoms with van der Waals surface area (Å²) < 4.78 is 5.87. The van der Waals surface area contributed by atoms with Crippen LogP contribution in [-0.2, 0) is 11.2 Å². The van der Waals surface area contributed by atoms with Gasteiger partial charge in [-0.05, 0) is 37.6 Å². The van der Waals surface area contributed by atoms with Crippen LogP contribution in [-0.4, -0.2) is 17.1 Å². The smallest absolute Gasteiger partial charge is 0.220 e. The fourth-order valence-electron chi connectivity index (χ4n) is 2.06. The molecule has 114 valence electrons. The first-order chi connectivity index (χ1) is 10.0. The van der Waals surface area contributed by atoms with Gasteiger partial charge in [0.15, 0.2) is 0 Å². The number of aryl methyl sites for hydroxylation is 1. The topological polar surface area (TPSA) is 62.5 Å². The average molecular weight is 328 g/mol. The van der Waals surface area contributed by atoms with E-state index in [1.807, 2.05) is 19.1 Å². The molecule has 0 saturated carbocycles. The minimum absolute atomic E-state index is 0.0290. The van der Waals surface area contributed by atoms with Crippen LogP contribution in [0.1, 0.15) is 36.5 Å². The second-order valence-corrected chi connectivity index (χ2v) is 6.74. The van der Waals surface area contributed by atoms with E-state index in [1.54, 1.807) is 12.1 Å². The van der Waals surface area contributed by atoms with Crippen molar-refractivity contribution in [2.45, 2.75) is 38.3 Å². The van der Waals surface area contributed by atoms with Crippen LogP contribution in [0.5, 0.6) is 0 Å². The van der Waals surface area contributed by atoms with Crippen LogP contribution >= 0.6 is 22.9 Å². The van der Waals surface area contributed by atoms with E-state index in [-0.39, 0.29) is 11.9 Å². The van der Waals surface area contributed by atoms with Crippen molar-refractivity contribution in [2.24, 2.45) is 0 Å². The van der Waals surface area contributed by atoms with Gasteiger partial charge in [0.05, 0.1) is 10.6 Å². The van der Waals surface area contributed by atoms with Crippen LogP contribution in [0, 0.1) is 0 Å². The zero-order valence-corrected chi connectivity index (χ0v) is 13.3. The van der Waals surface area contributed by atoms with Crippen molar-refractivity contribution in [1.82, 2.24) is 5.32 Å². The van der Waals surface area contributed by atoms with Gasteiger partial charge in [0.25, 0.3) is 0 Å². The third kappa shape index (κ3) is 5.19. The summed E-state index contributed by atoms with van der Waals surface area (Å²) in [6, 6.07) is 7.10. The molecule has 0 radical (unpaired) electrons. The number of aliphatic hydroxyl groups is 1. The van der Waals surface area contributed by atoms with Crippen molar-refractivity contribution in [3.05, 3.63) is 45.5 Å². The number of carbonyl (C=O) groups excluding carboxylic acids is 1. The zero-order valence-electron chi connectivity index (χ0n) is 11.7. The zero-order chi connectivity index (χ0) is 15.2. The summed E-state index contributed by atoms with van der Waals surface area (Å²) in [6.45, 7) is 1.87. The van der Waals surface area contributed by atoms with Crippen LogP contribution in [0.15, 0.2) is 34.9 Å². The first-order valence-corrected chi connectivity index (χ1v) is 7.99. The third-order valence-corrected chi connectivity index (χ3v) is 4.37. The van der Waals surface area contributed by atoms with E-state index in [9.17, 15) is 9.90 Å². The average Bonchev–Trinajstić information content (AvgIpc) is 3.07. The molecule has 1 amide bonds. The normalized spacial score (nSPS) is 13.9. The number of amides is 1. The number of hydrogen-bond acceptors (Lipinski definition) is 4. The fourth-order valence-corrected chi connectivity index (χ4v) is 3.15. The van der Waals surface area contributed by atoms with Crippen molar-refractivity contribution in [1.29, 1.82) is 0 Å². The molecular weight excluding hydrogens is 310 g/mol. The number of carbonyl (C=O) groups is 1. The molecule has 0 aliphatic heterocycles. The van der Waals surface area contributed by atoms with Crippen LogP contribution in [0.2, 0.25) is 4.34 Å². The first-order valence-electron chi connectivity index (χ1n) is 6.79. The van der Waals surface area contributed by atoms with Crippen LogP contribution < -0.4 is 5.32 Å². The number of rotatable bonds is 7. The van der Waals surface area contributed by atoms with Crippen LogP contribution in [0.4, 0.5) is 0 Å². The molecule has 2 unspecified atom stereocenters. The Bertz CT molecular complexity index is 567. The molecule has 2 aromatic heterocycles. The second kappa shape index (κ2) is 7.64. The van der Waals surface area contributed by atoms with Gasteiger partial charge in [-0.3, -0.25) is 4.79 Å². The highest BCUT2D eigenvalue weighted by molar-refractivity contribution is 7.16. The lowest BCUT2D eigenvalue weighted by molar-refractivity contribution is -0.121. The van der Waals surface area contributed by atoms with Gasteiger partial charge >= 0.3 is 0 Å². The first kappa shape index (κ1) is 16.1. The molecule has 0 fully saturated rings. The second-order valence-electron chi connectivity index (χ2n) is 4.94. The van der Waals surface area contributed by atoms with Crippen molar-refractivity contribution >= 4 is 28.8 Å². The summed E-state index contributed by atoms with van der Waals surface area (Å²) in [5, 5.41) is 12.8. The third-order valence-electron chi connectivity index (χ3n) is 3.08. The Morgan fingerprint density at radius 1 is 1.48 bits per heavy atom. The summed E-state index contributed by atoms with van der Waals surface area (Å²) in [4.78, 5) is 13.0. The number of hydrogen-bond donors (Lipinski definition) is 2. The molecule has 2 rings (SSSR count). The fraction of sp³-hybridized carbons (Fsp3) is 0.400. The predicted octanol–water partition coefficient (Wildman–Crippen LogP) is 3.56. The molecule has 21 heavy (non-hydrogen) atoms. The Morgan fingerprint density at radius 2 is 2.29 bits per heavy atom. The van der Waals surface area contributed by atoms with E-state index >= 15 is 0 Å². The Labute approximate surface area is 132 Å². The van der Waals surface area contributed by atoms with Gasteiger partial charge < -0.3 is 14.8 Å². The molecular formula is C15H18ClNO3S. The maximum atomic E-state index is 11.9. The van der Waals surface area contributed by atoms with E-state index in [0.29, 0.717) is 25.0 Å². The van der Waals surface area contributed by atoms with E-state index in [0.717, 1.165) is 9.21 Å². The number of halogens is 1. The van der Waals surface area contributed by atoms with Crippen molar-refractivity contribution in [3.8, 4) is 0 Å². The molecule has 0 bridgehead atoms. The molecule has 0 aliphatic carbocycles. The minimum atomic E-state index is -0.702. The summed E-state index contributed by atoms with van der Waals surface area (Å²) >= 11 is 7.34. The van der Waals surface area contributed by atoms with E-state index in [1.165, 1.54) is 17.6 Å². The van der Waals surface area contributed by atoms with Crippen LogP contribution in [0.3, 0.4) is 0 Å². The van der Waals surface area contributed by atoms with Gasteiger partial charge in [-0.2, -0.15) is 0 Å². The van der Waals surface area contributed by atoms with Gasteiger partial charge in [-0.1, -0.05) is 11.6 Å². The number of thiophene rings is 1. The van der Waals surface area contributed by atoms with Gasteiger partial charge in [0.1, 0.15) is 11.9 Å². The van der Waals surface area contributed by atoms with Gasteiger partial charge in [0.2, 0.25) is 5.91 Å². The summed E-state index contributed by atoms with van der Waals surface area (Å²) in [7, 11) is 0. The highest BCUT2D eigenvalue weighted by atomic mass is 35.5. The SMILES string of the molecule is CC(CC(O)c1ccco1)NC(=O)CCc1ccc(Cl)s1. The maximum Gasteiger partial charge on any atom is 0.220 e. The van der Waals surface area contributed by atoms with Crippen molar-refractivity contribution in [2.75, 3.05) is 0 Å². The molecule has 0 spiro atoms. The lowest BCUT2D eigenvalue weighted by Gasteiger charge is -2.16. The number of aliphatic hydroxyl groups excluding tert-OH is 1. The maximum absolute atomic E-state index is 11.9. The molecule has 2 N–H and O–H groups in total. The van der Waals surface area contributed by atoms with E-state index in [2.05, 4.69) is 5.32 Å². The quantitative estimate of drug-likeness (QED) is 0.817. The lowest BCUT2D eigenvalue weighted by atomic mass is 10.1. The Kier molecular flexibility index (Phi) is 5.85. The Balaban J connectivity index is 1.71. The lowest BCUT2D eigenvalue weighted by Crippen LogP contribution is -2.33. The van der Waals surface area contributed by atoms with Gasteiger partial charge in [-0.15, -0.1) is 11.3 Å².